The van der Waals surface area contributed by atoms with E-state index < -0.39 is 5.97 Å². The SMILES string of the molecule is CC(C)=CCCC(=CCCC(C)=CCc1cc(O)ccc1O)C(=O)O. The van der Waals surface area contributed by atoms with E-state index in [2.05, 4.69) is 0 Å². The van der Waals surface area contributed by atoms with Crippen LogP contribution in [0.25, 0.3) is 0 Å². The van der Waals surface area contributed by atoms with Crippen molar-refractivity contribution in [1.29, 1.82) is 0 Å². The van der Waals surface area contributed by atoms with Crippen molar-refractivity contribution >= 4 is 5.97 Å². The Hall–Kier alpha value is -2.49. The lowest BCUT2D eigenvalue weighted by atomic mass is 10.0. The Morgan fingerprint density at radius 2 is 1.68 bits per heavy atom. The molecule has 0 amide bonds. The summed E-state index contributed by atoms with van der Waals surface area (Å²) in [7, 11) is 0. The Morgan fingerprint density at radius 3 is 2.32 bits per heavy atom. The van der Waals surface area contributed by atoms with Crippen LogP contribution in [0.5, 0.6) is 11.5 Å². The van der Waals surface area contributed by atoms with E-state index in [4.69, 9.17) is 0 Å². The second-order valence-corrected chi connectivity index (χ2v) is 6.46. The van der Waals surface area contributed by atoms with Gasteiger partial charge < -0.3 is 15.3 Å². The second kappa shape index (κ2) is 10.4. The van der Waals surface area contributed by atoms with Crippen LogP contribution in [0.1, 0.15) is 52.0 Å². The van der Waals surface area contributed by atoms with Gasteiger partial charge in [-0.05, 0) is 71.1 Å². The minimum absolute atomic E-state index is 0.129. The van der Waals surface area contributed by atoms with Gasteiger partial charge in [-0.2, -0.15) is 0 Å². The van der Waals surface area contributed by atoms with Crippen LogP contribution in [-0.2, 0) is 11.2 Å². The van der Waals surface area contributed by atoms with Crippen LogP contribution in [0.4, 0.5) is 0 Å². The first-order chi connectivity index (χ1) is 11.8. The maximum Gasteiger partial charge on any atom is 0.331 e. The molecule has 0 fully saturated rings. The zero-order chi connectivity index (χ0) is 18.8. The zero-order valence-electron chi connectivity index (χ0n) is 15.2. The van der Waals surface area contributed by atoms with Crippen molar-refractivity contribution in [3.8, 4) is 11.5 Å². The van der Waals surface area contributed by atoms with E-state index in [1.54, 1.807) is 12.1 Å². The van der Waals surface area contributed by atoms with Gasteiger partial charge in [0.15, 0.2) is 0 Å². The molecular formula is C21H28O4. The molecule has 0 saturated heterocycles. The molecule has 0 heterocycles. The van der Waals surface area contributed by atoms with Crippen molar-refractivity contribution in [2.24, 2.45) is 0 Å². The van der Waals surface area contributed by atoms with Gasteiger partial charge in [-0.25, -0.2) is 4.79 Å². The number of carbonyl (C=O) groups is 1. The fraction of sp³-hybridized carbons (Fsp3) is 0.381. The summed E-state index contributed by atoms with van der Waals surface area (Å²) in [6.45, 7) is 5.99. The van der Waals surface area contributed by atoms with E-state index in [1.165, 1.54) is 17.7 Å². The molecule has 0 saturated carbocycles. The molecular weight excluding hydrogens is 316 g/mol. The molecule has 25 heavy (non-hydrogen) atoms. The summed E-state index contributed by atoms with van der Waals surface area (Å²) in [5, 5.41) is 28.5. The summed E-state index contributed by atoms with van der Waals surface area (Å²) in [5.41, 5.74) is 3.44. The lowest BCUT2D eigenvalue weighted by Gasteiger charge is -2.04. The van der Waals surface area contributed by atoms with Crippen LogP contribution in [0.2, 0.25) is 0 Å². The van der Waals surface area contributed by atoms with Crippen molar-refractivity contribution in [3.05, 3.63) is 58.7 Å². The molecule has 0 radical (unpaired) electrons. The van der Waals surface area contributed by atoms with Crippen molar-refractivity contribution in [2.45, 2.75) is 52.9 Å². The third kappa shape index (κ3) is 8.25. The third-order valence-electron chi connectivity index (χ3n) is 3.90. The van der Waals surface area contributed by atoms with E-state index >= 15 is 0 Å². The molecule has 0 spiro atoms. The van der Waals surface area contributed by atoms with Crippen LogP contribution >= 0.6 is 0 Å². The summed E-state index contributed by atoms with van der Waals surface area (Å²) in [6.07, 6.45) is 9.08. The molecule has 0 aliphatic heterocycles. The number of rotatable bonds is 9. The topological polar surface area (TPSA) is 77.8 Å². The second-order valence-electron chi connectivity index (χ2n) is 6.46. The van der Waals surface area contributed by atoms with Crippen molar-refractivity contribution in [3.63, 3.8) is 0 Å². The minimum atomic E-state index is -0.853. The molecule has 1 aromatic rings. The number of allylic oxidation sites excluding steroid dienone is 5. The fourth-order valence-electron chi connectivity index (χ4n) is 2.41. The largest absolute Gasteiger partial charge is 0.508 e. The first-order valence-electron chi connectivity index (χ1n) is 8.51. The minimum Gasteiger partial charge on any atom is -0.508 e. The third-order valence-corrected chi connectivity index (χ3v) is 3.90. The van der Waals surface area contributed by atoms with Gasteiger partial charge in [0.2, 0.25) is 0 Å². The molecule has 136 valence electrons. The predicted molar refractivity (Wildman–Crippen MR) is 101 cm³/mol. The highest BCUT2D eigenvalue weighted by atomic mass is 16.4. The summed E-state index contributed by atoms with van der Waals surface area (Å²) < 4.78 is 0. The van der Waals surface area contributed by atoms with Gasteiger partial charge in [-0.1, -0.05) is 29.4 Å². The van der Waals surface area contributed by atoms with Crippen LogP contribution in [0, 0.1) is 0 Å². The van der Waals surface area contributed by atoms with E-state index in [0.29, 0.717) is 30.4 Å². The number of benzene rings is 1. The van der Waals surface area contributed by atoms with E-state index in [1.807, 2.05) is 32.9 Å². The normalized spacial score (nSPS) is 12.1. The Kier molecular flexibility index (Phi) is 8.54. The summed E-state index contributed by atoms with van der Waals surface area (Å²) in [5.74, 6) is -0.563. The highest BCUT2D eigenvalue weighted by molar-refractivity contribution is 5.86. The van der Waals surface area contributed by atoms with Crippen molar-refractivity contribution in [1.82, 2.24) is 0 Å². The standard InChI is InChI=1S/C21H28O4/c1-15(2)6-4-8-17(21(24)25)9-5-7-16(3)10-11-18-14-19(22)12-13-20(18)23/h6,9-10,12-14,22-23H,4-5,7-8,11H2,1-3H3,(H,24,25). The highest BCUT2D eigenvalue weighted by Gasteiger charge is 2.06. The summed E-state index contributed by atoms with van der Waals surface area (Å²) in [6, 6.07) is 4.47. The van der Waals surface area contributed by atoms with Gasteiger partial charge in [-0.15, -0.1) is 0 Å². The molecule has 0 aliphatic carbocycles. The number of phenols is 2. The first kappa shape index (κ1) is 20.6. The fourth-order valence-corrected chi connectivity index (χ4v) is 2.41. The molecule has 0 bridgehead atoms. The molecule has 0 atom stereocenters. The molecule has 0 aliphatic rings. The number of hydrogen-bond acceptors (Lipinski definition) is 3. The zero-order valence-corrected chi connectivity index (χ0v) is 15.2. The Labute approximate surface area is 149 Å². The summed E-state index contributed by atoms with van der Waals surface area (Å²) in [4.78, 5) is 11.3. The lowest BCUT2D eigenvalue weighted by Crippen LogP contribution is -2.00. The Bertz CT molecular complexity index is 677. The number of hydrogen-bond donors (Lipinski definition) is 3. The molecule has 4 nitrogen and oxygen atoms in total. The maximum absolute atomic E-state index is 11.3. The average molecular weight is 344 g/mol. The molecule has 0 aromatic heterocycles. The number of aliphatic carboxylic acids is 1. The predicted octanol–water partition coefficient (Wildman–Crippen LogP) is 5.12. The van der Waals surface area contributed by atoms with Gasteiger partial charge >= 0.3 is 5.97 Å². The van der Waals surface area contributed by atoms with Gasteiger partial charge in [-0.3, -0.25) is 0 Å². The Morgan fingerprint density at radius 1 is 1.00 bits per heavy atom. The maximum atomic E-state index is 11.3. The molecule has 3 N–H and O–H groups in total. The van der Waals surface area contributed by atoms with Crippen molar-refractivity contribution < 1.29 is 20.1 Å². The van der Waals surface area contributed by atoms with Crippen LogP contribution in [-0.4, -0.2) is 21.3 Å². The number of phenolic OH excluding ortho intramolecular Hbond substituents is 2. The average Bonchev–Trinajstić information content (AvgIpc) is 2.53. The number of carboxylic acids is 1. The van der Waals surface area contributed by atoms with E-state index in [9.17, 15) is 20.1 Å². The van der Waals surface area contributed by atoms with Gasteiger partial charge in [0, 0.05) is 11.1 Å². The molecule has 4 heteroatoms. The van der Waals surface area contributed by atoms with Gasteiger partial charge in [0.25, 0.3) is 0 Å². The van der Waals surface area contributed by atoms with Crippen LogP contribution in [0.15, 0.2) is 53.1 Å². The van der Waals surface area contributed by atoms with Crippen molar-refractivity contribution in [2.75, 3.05) is 0 Å². The van der Waals surface area contributed by atoms with E-state index in [-0.39, 0.29) is 11.5 Å². The monoisotopic (exact) mass is 344 g/mol. The Balaban J connectivity index is 2.57. The van der Waals surface area contributed by atoms with Crippen LogP contribution < -0.4 is 0 Å². The number of aromatic hydroxyl groups is 2. The molecule has 1 rings (SSSR count). The molecule has 1 aromatic carbocycles. The van der Waals surface area contributed by atoms with Crippen LogP contribution in [0.3, 0.4) is 0 Å². The van der Waals surface area contributed by atoms with Gasteiger partial charge in [0.1, 0.15) is 11.5 Å². The number of carboxylic acid groups (broad SMARTS) is 1. The highest BCUT2D eigenvalue weighted by Crippen LogP contribution is 2.23. The smallest absolute Gasteiger partial charge is 0.331 e. The lowest BCUT2D eigenvalue weighted by molar-refractivity contribution is -0.132. The molecule has 0 unspecified atom stereocenters. The quantitative estimate of drug-likeness (QED) is 0.330. The van der Waals surface area contributed by atoms with E-state index in [0.717, 1.165) is 18.4 Å². The van der Waals surface area contributed by atoms with Gasteiger partial charge in [0.05, 0.1) is 0 Å². The first-order valence-corrected chi connectivity index (χ1v) is 8.51. The summed E-state index contributed by atoms with van der Waals surface area (Å²) >= 11 is 0.